The first-order valence-electron chi connectivity index (χ1n) is 6.17. The molecule has 0 aliphatic carbocycles. The third-order valence-corrected chi connectivity index (χ3v) is 2.99. The van der Waals surface area contributed by atoms with E-state index in [1.807, 2.05) is 18.0 Å². The molecule has 1 atom stereocenters. The van der Waals surface area contributed by atoms with E-state index in [1.54, 1.807) is 37.4 Å². The summed E-state index contributed by atoms with van der Waals surface area (Å²) in [6, 6.07) is 10.3. The van der Waals surface area contributed by atoms with Crippen molar-refractivity contribution >= 4 is 5.82 Å². The van der Waals surface area contributed by atoms with Gasteiger partial charge >= 0.3 is 0 Å². The van der Waals surface area contributed by atoms with E-state index in [1.165, 1.54) is 6.07 Å². The lowest BCUT2D eigenvalue weighted by Gasteiger charge is -2.22. The number of hydrogen-bond donors (Lipinski definition) is 1. The second kappa shape index (κ2) is 5.80. The van der Waals surface area contributed by atoms with E-state index in [0.29, 0.717) is 17.9 Å². The van der Waals surface area contributed by atoms with Gasteiger partial charge < -0.3 is 10.0 Å². The maximum Gasteiger partial charge on any atom is 0.134 e. The molecule has 0 amide bonds. The van der Waals surface area contributed by atoms with E-state index >= 15 is 0 Å². The van der Waals surface area contributed by atoms with Crippen LogP contribution in [0.2, 0.25) is 0 Å². The summed E-state index contributed by atoms with van der Waals surface area (Å²) in [5, 5.41) is 9.73. The maximum absolute atomic E-state index is 13.6. The number of rotatable bonds is 4. The van der Waals surface area contributed by atoms with Crippen LogP contribution in [0.5, 0.6) is 0 Å². The fraction of sp³-hybridized carbons (Fsp3) is 0.267. The van der Waals surface area contributed by atoms with Gasteiger partial charge in [-0.2, -0.15) is 0 Å². The Morgan fingerprint density at radius 1 is 1.26 bits per heavy atom. The van der Waals surface area contributed by atoms with Gasteiger partial charge in [-0.05, 0) is 19.1 Å². The van der Waals surface area contributed by atoms with Gasteiger partial charge in [-0.25, -0.2) is 9.37 Å². The predicted molar refractivity (Wildman–Crippen MR) is 73.4 cm³/mol. The van der Waals surface area contributed by atoms with Crippen LogP contribution in [0.1, 0.15) is 24.2 Å². The van der Waals surface area contributed by atoms with Crippen LogP contribution in [0.3, 0.4) is 0 Å². The van der Waals surface area contributed by atoms with E-state index in [2.05, 4.69) is 4.98 Å². The second-order valence-electron chi connectivity index (χ2n) is 4.54. The highest BCUT2D eigenvalue weighted by Gasteiger charge is 2.13. The third kappa shape index (κ3) is 3.09. The largest absolute Gasteiger partial charge is 0.389 e. The molecule has 0 spiro atoms. The van der Waals surface area contributed by atoms with Crippen LogP contribution in [0, 0.1) is 5.82 Å². The summed E-state index contributed by atoms with van der Waals surface area (Å²) in [6.07, 6.45) is 1.06. The SMILES string of the molecule is C[C@H](O)c1cccnc1N(C)Cc1ccccc1F. The molecule has 0 unspecified atom stereocenters. The molecule has 3 nitrogen and oxygen atoms in total. The molecule has 1 aromatic heterocycles. The zero-order valence-corrected chi connectivity index (χ0v) is 11.0. The lowest BCUT2D eigenvalue weighted by molar-refractivity contribution is 0.199. The minimum absolute atomic E-state index is 0.233. The van der Waals surface area contributed by atoms with Gasteiger partial charge in [0, 0.05) is 30.9 Å². The molecular formula is C15H17FN2O. The first kappa shape index (κ1) is 13.5. The number of anilines is 1. The summed E-state index contributed by atoms with van der Waals surface area (Å²) in [6.45, 7) is 2.10. The predicted octanol–water partition coefficient (Wildman–Crippen LogP) is 2.91. The van der Waals surface area contributed by atoms with Crippen molar-refractivity contribution in [2.45, 2.75) is 19.6 Å². The van der Waals surface area contributed by atoms with Crippen molar-refractivity contribution in [2.24, 2.45) is 0 Å². The maximum atomic E-state index is 13.6. The Hall–Kier alpha value is -1.94. The van der Waals surface area contributed by atoms with Gasteiger partial charge in [0.05, 0.1) is 6.10 Å². The van der Waals surface area contributed by atoms with Crippen LogP contribution in [-0.2, 0) is 6.54 Å². The zero-order chi connectivity index (χ0) is 13.8. The molecule has 100 valence electrons. The molecule has 0 radical (unpaired) electrons. The molecule has 0 saturated carbocycles. The molecule has 0 bridgehead atoms. The van der Waals surface area contributed by atoms with Gasteiger partial charge in [-0.1, -0.05) is 24.3 Å². The molecule has 2 rings (SSSR count). The number of aliphatic hydroxyl groups excluding tert-OH is 1. The summed E-state index contributed by atoms with van der Waals surface area (Å²) in [7, 11) is 1.83. The number of aromatic nitrogens is 1. The van der Waals surface area contributed by atoms with Crippen molar-refractivity contribution < 1.29 is 9.50 Å². The molecule has 4 heteroatoms. The van der Waals surface area contributed by atoms with Crippen molar-refractivity contribution in [3.05, 3.63) is 59.5 Å². The molecule has 0 aliphatic rings. The highest BCUT2D eigenvalue weighted by atomic mass is 19.1. The smallest absolute Gasteiger partial charge is 0.134 e. The normalized spacial score (nSPS) is 12.2. The van der Waals surface area contributed by atoms with E-state index < -0.39 is 6.10 Å². The molecule has 0 aliphatic heterocycles. The molecule has 1 heterocycles. The zero-order valence-electron chi connectivity index (χ0n) is 11.0. The molecule has 0 saturated heterocycles. The standard InChI is InChI=1S/C15H17FN2O/c1-11(19)13-7-5-9-17-15(13)18(2)10-12-6-3-4-8-14(12)16/h3-9,11,19H,10H2,1-2H3/t11-/m0/s1. The minimum atomic E-state index is -0.605. The molecule has 19 heavy (non-hydrogen) atoms. The van der Waals surface area contributed by atoms with Crippen LogP contribution in [0.25, 0.3) is 0 Å². The number of nitrogens with zero attached hydrogens (tertiary/aromatic N) is 2. The summed E-state index contributed by atoms with van der Waals surface area (Å²) < 4.78 is 13.6. The van der Waals surface area contributed by atoms with Crippen LogP contribution >= 0.6 is 0 Å². The first-order chi connectivity index (χ1) is 9.09. The van der Waals surface area contributed by atoms with Crippen molar-refractivity contribution in [1.82, 2.24) is 4.98 Å². The van der Waals surface area contributed by atoms with Crippen molar-refractivity contribution in [1.29, 1.82) is 0 Å². The van der Waals surface area contributed by atoms with E-state index in [-0.39, 0.29) is 5.82 Å². The second-order valence-corrected chi connectivity index (χ2v) is 4.54. The molecule has 1 N–H and O–H groups in total. The minimum Gasteiger partial charge on any atom is -0.389 e. The quantitative estimate of drug-likeness (QED) is 0.918. The van der Waals surface area contributed by atoms with Gasteiger partial charge in [-0.15, -0.1) is 0 Å². The monoisotopic (exact) mass is 260 g/mol. The Morgan fingerprint density at radius 3 is 2.68 bits per heavy atom. The highest BCUT2D eigenvalue weighted by Crippen LogP contribution is 2.24. The van der Waals surface area contributed by atoms with Crippen molar-refractivity contribution in [3.63, 3.8) is 0 Å². The van der Waals surface area contributed by atoms with Crippen molar-refractivity contribution in [2.75, 3.05) is 11.9 Å². The van der Waals surface area contributed by atoms with E-state index in [4.69, 9.17) is 0 Å². The van der Waals surface area contributed by atoms with Crippen molar-refractivity contribution in [3.8, 4) is 0 Å². The van der Waals surface area contributed by atoms with Crippen LogP contribution in [0.4, 0.5) is 10.2 Å². The number of pyridine rings is 1. The Labute approximate surface area is 112 Å². The average molecular weight is 260 g/mol. The van der Waals surface area contributed by atoms with Gasteiger partial charge in [-0.3, -0.25) is 0 Å². The Kier molecular flexibility index (Phi) is 4.12. The van der Waals surface area contributed by atoms with Crippen LogP contribution < -0.4 is 4.90 Å². The number of hydrogen-bond acceptors (Lipinski definition) is 3. The Bertz CT molecular complexity index is 557. The molecule has 0 fully saturated rings. The summed E-state index contributed by atoms with van der Waals surface area (Å²) in [5.74, 6) is 0.435. The molecule has 2 aromatic rings. The number of halogens is 1. The highest BCUT2D eigenvalue weighted by molar-refractivity contribution is 5.47. The average Bonchev–Trinajstić information content (AvgIpc) is 2.41. The van der Waals surface area contributed by atoms with Gasteiger partial charge in [0.25, 0.3) is 0 Å². The number of benzene rings is 1. The van der Waals surface area contributed by atoms with E-state index in [0.717, 1.165) is 5.56 Å². The first-order valence-corrected chi connectivity index (χ1v) is 6.17. The Balaban J connectivity index is 2.26. The lowest BCUT2D eigenvalue weighted by atomic mass is 10.1. The Morgan fingerprint density at radius 2 is 2.00 bits per heavy atom. The number of aliphatic hydroxyl groups is 1. The fourth-order valence-corrected chi connectivity index (χ4v) is 2.01. The molecule has 1 aromatic carbocycles. The van der Waals surface area contributed by atoms with Crippen LogP contribution in [-0.4, -0.2) is 17.1 Å². The van der Waals surface area contributed by atoms with Crippen LogP contribution in [0.15, 0.2) is 42.6 Å². The van der Waals surface area contributed by atoms with Gasteiger partial charge in [0.1, 0.15) is 11.6 Å². The third-order valence-electron chi connectivity index (χ3n) is 2.99. The topological polar surface area (TPSA) is 36.4 Å². The van der Waals surface area contributed by atoms with Gasteiger partial charge in [0.2, 0.25) is 0 Å². The summed E-state index contributed by atoms with van der Waals surface area (Å²) in [5.41, 5.74) is 1.34. The fourth-order valence-electron chi connectivity index (χ4n) is 2.01. The summed E-state index contributed by atoms with van der Waals surface area (Å²) >= 11 is 0. The summed E-state index contributed by atoms with van der Waals surface area (Å²) in [4.78, 5) is 6.10. The lowest BCUT2D eigenvalue weighted by Crippen LogP contribution is -2.20. The van der Waals surface area contributed by atoms with E-state index in [9.17, 15) is 9.50 Å². The van der Waals surface area contributed by atoms with Gasteiger partial charge in [0.15, 0.2) is 0 Å². The molecular weight excluding hydrogens is 243 g/mol.